The maximum atomic E-state index is 15.4. The van der Waals surface area contributed by atoms with E-state index in [0.29, 0.717) is 27.5 Å². The zero-order chi connectivity index (χ0) is 19.5. The van der Waals surface area contributed by atoms with E-state index in [0.717, 1.165) is 11.3 Å². The first-order valence-corrected chi connectivity index (χ1v) is 9.08. The molecule has 0 saturated heterocycles. The van der Waals surface area contributed by atoms with Gasteiger partial charge in [0.1, 0.15) is 11.6 Å². The molecule has 0 amide bonds. The van der Waals surface area contributed by atoms with Gasteiger partial charge in [-0.25, -0.2) is 4.39 Å². The maximum absolute atomic E-state index is 15.4. The standard InChI is InChI=1S/C22H17ClFN3O.ClH/c1-28-20-9-8-16(22(24)21(20)15-5-4-6-18(23)11-15)13-27-14-17(12-26-27)19-7-2-3-10-25-19;/h2-12,14H,13H2,1H3;1H. The molecular weight excluding hydrogens is 412 g/mol. The lowest BCUT2D eigenvalue weighted by Gasteiger charge is -2.14. The lowest BCUT2D eigenvalue weighted by atomic mass is 10.0. The van der Waals surface area contributed by atoms with Gasteiger partial charge in [-0.1, -0.05) is 35.9 Å². The van der Waals surface area contributed by atoms with Gasteiger partial charge in [0.25, 0.3) is 0 Å². The van der Waals surface area contributed by atoms with Crippen LogP contribution in [0.25, 0.3) is 22.4 Å². The fourth-order valence-corrected chi connectivity index (χ4v) is 3.29. The fourth-order valence-electron chi connectivity index (χ4n) is 3.10. The van der Waals surface area contributed by atoms with E-state index < -0.39 is 0 Å². The highest BCUT2D eigenvalue weighted by Crippen LogP contribution is 2.35. The monoisotopic (exact) mass is 429 g/mol. The van der Waals surface area contributed by atoms with Gasteiger partial charge < -0.3 is 4.74 Å². The first kappa shape index (κ1) is 20.8. The van der Waals surface area contributed by atoms with Crippen molar-refractivity contribution in [2.24, 2.45) is 0 Å². The number of pyridine rings is 1. The third-order valence-electron chi connectivity index (χ3n) is 4.44. The molecule has 0 spiro atoms. The number of hydrogen-bond donors (Lipinski definition) is 0. The summed E-state index contributed by atoms with van der Waals surface area (Å²) in [6.45, 7) is 0.288. The second-order valence-electron chi connectivity index (χ2n) is 6.27. The summed E-state index contributed by atoms with van der Waals surface area (Å²) in [5.74, 6) is 0.106. The molecule has 0 aliphatic rings. The Labute approximate surface area is 179 Å². The van der Waals surface area contributed by atoms with Crippen LogP contribution in [0.15, 0.2) is 73.2 Å². The van der Waals surface area contributed by atoms with Crippen LogP contribution < -0.4 is 4.74 Å². The molecule has 0 fully saturated rings. The van der Waals surface area contributed by atoms with Gasteiger partial charge in [0, 0.05) is 28.5 Å². The van der Waals surface area contributed by atoms with Crippen molar-refractivity contribution in [3.8, 4) is 28.1 Å². The summed E-state index contributed by atoms with van der Waals surface area (Å²) >= 11 is 6.09. The zero-order valence-electron chi connectivity index (χ0n) is 15.5. The van der Waals surface area contributed by atoms with Crippen molar-refractivity contribution < 1.29 is 9.13 Å². The number of rotatable bonds is 5. The van der Waals surface area contributed by atoms with Gasteiger partial charge in [0.05, 0.1) is 31.1 Å². The molecule has 0 bridgehead atoms. The van der Waals surface area contributed by atoms with Crippen molar-refractivity contribution in [2.45, 2.75) is 6.54 Å². The highest BCUT2D eigenvalue weighted by Gasteiger charge is 2.17. The first-order chi connectivity index (χ1) is 13.7. The van der Waals surface area contributed by atoms with Crippen LogP contribution >= 0.6 is 24.0 Å². The Morgan fingerprint density at radius 3 is 2.66 bits per heavy atom. The number of benzene rings is 2. The minimum absolute atomic E-state index is 0. The van der Waals surface area contributed by atoms with E-state index in [1.54, 1.807) is 47.4 Å². The van der Waals surface area contributed by atoms with Crippen molar-refractivity contribution in [2.75, 3.05) is 7.11 Å². The molecule has 0 saturated carbocycles. The van der Waals surface area contributed by atoms with Crippen LogP contribution in [0.1, 0.15) is 5.56 Å². The average Bonchev–Trinajstić information content (AvgIpc) is 3.18. The minimum atomic E-state index is -0.350. The van der Waals surface area contributed by atoms with Crippen molar-refractivity contribution in [3.63, 3.8) is 0 Å². The molecule has 2 heterocycles. The van der Waals surface area contributed by atoms with Crippen LogP contribution in [0.3, 0.4) is 0 Å². The molecule has 0 unspecified atom stereocenters. The third-order valence-corrected chi connectivity index (χ3v) is 4.68. The van der Waals surface area contributed by atoms with Crippen LogP contribution in [0, 0.1) is 5.82 Å². The van der Waals surface area contributed by atoms with E-state index in [4.69, 9.17) is 16.3 Å². The molecule has 4 aromatic rings. The number of hydrogen-bond acceptors (Lipinski definition) is 3. The number of methoxy groups -OCH3 is 1. The summed E-state index contributed by atoms with van der Waals surface area (Å²) in [5.41, 5.74) is 3.26. The van der Waals surface area contributed by atoms with Gasteiger partial charge >= 0.3 is 0 Å². The Balaban J connectivity index is 0.00000240. The van der Waals surface area contributed by atoms with Crippen LogP contribution in [0.5, 0.6) is 5.75 Å². The normalized spacial score (nSPS) is 10.4. The molecule has 29 heavy (non-hydrogen) atoms. The summed E-state index contributed by atoms with van der Waals surface area (Å²) in [7, 11) is 1.52. The van der Waals surface area contributed by atoms with E-state index in [1.165, 1.54) is 7.11 Å². The molecule has 0 atom stereocenters. The van der Waals surface area contributed by atoms with Gasteiger partial charge in [0.2, 0.25) is 0 Å². The van der Waals surface area contributed by atoms with Crippen molar-refractivity contribution in [3.05, 3.63) is 89.6 Å². The summed E-state index contributed by atoms with van der Waals surface area (Å²) < 4.78 is 22.4. The van der Waals surface area contributed by atoms with Crippen LogP contribution in [-0.2, 0) is 6.54 Å². The summed E-state index contributed by atoms with van der Waals surface area (Å²) in [4.78, 5) is 4.32. The second-order valence-corrected chi connectivity index (χ2v) is 6.70. The van der Waals surface area contributed by atoms with E-state index in [1.807, 2.05) is 30.5 Å². The van der Waals surface area contributed by atoms with Crippen LogP contribution in [-0.4, -0.2) is 21.9 Å². The molecule has 0 aliphatic carbocycles. The Kier molecular flexibility index (Phi) is 6.52. The van der Waals surface area contributed by atoms with Gasteiger partial charge in [0.15, 0.2) is 0 Å². The molecule has 4 nitrogen and oxygen atoms in total. The number of nitrogens with zero attached hydrogens (tertiary/aromatic N) is 3. The number of aromatic nitrogens is 3. The highest BCUT2D eigenvalue weighted by atomic mass is 35.5. The SMILES string of the molecule is COc1ccc(Cn2cc(-c3ccccn3)cn2)c(F)c1-c1cccc(Cl)c1.Cl. The Hall–Kier alpha value is -2.89. The van der Waals surface area contributed by atoms with Crippen molar-refractivity contribution in [1.29, 1.82) is 0 Å². The third kappa shape index (κ3) is 4.42. The zero-order valence-corrected chi connectivity index (χ0v) is 17.1. The van der Waals surface area contributed by atoms with Gasteiger partial charge in [-0.2, -0.15) is 5.10 Å². The average molecular weight is 430 g/mol. The number of ether oxygens (including phenoxy) is 1. The van der Waals surface area contributed by atoms with Gasteiger partial charge in [-0.15, -0.1) is 12.4 Å². The Morgan fingerprint density at radius 2 is 1.93 bits per heavy atom. The van der Waals surface area contributed by atoms with Gasteiger partial charge in [-0.3, -0.25) is 9.67 Å². The van der Waals surface area contributed by atoms with E-state index in [-0.39, 0.29) is 24.8 Å². The molecule has 148 valence electrons. The molecule has 0 N–H and O–H groups in total. The summed E-state index contributed by atoms with van der Waals surface area (Å²) in [5, 5.41) is 4.88. The Bertz CT molecular complexity index is 1120. The topological polar surface area (TPSA) is 39.9 Å². The highest BCUT2D eigenvalue weighted by molar-refractivity contribution is 6.30. The molecule has 2 aromatic heterocycles. The van der Waals surface area contributed by atoms with Crippen molar-refractivity contribution >= 4 is 24.0 Å². The molecule has 4 rings (SSSR count). The fraction of sp³-hybridized carbons (Fsp3) is 0.0909. The minimum Gasteiger partial charge on any atom is -0.496 e. The number of halogens is 3. The van der Waals surface area contributed by atoms with Crippen LogP contribution in [0.4, 0.5) is 4.39 Å². The van der Waals surface area contributed by atoms with E-state index >= 15 is 4.39 Å². The van der Waals surface area contributed by atoms with Gasteiger partial charge in [-0.05, 0) is 35.9 Å². The predicted molar refractivity (Wildman–Crippen MR) is 115 cm³/mol. The molecule has 7 heteroatoms. The lowest BCUT2D eigenvalue weighted by Crippen LogP contribution is -2.04. The van der Waals surface area contributed by atoms with E-state index in [2.05, 4.69) is 10.1 Å². The largest absolute Gasteiger partial charge is 0.496 e. The summed E-state index contributed by atoms with van der Waals surface area (Å²) in [6, 6.07) is 16.2. The van der Waals surface area contributed by atoms with Crippen LogP contribution in [0.2, 0.25) is 5.02 Å². The summed E-state index contributed by atoms with van der Waals surface area (Å²) in [6.07, 6.45) is 5.31. The lowest BCUT2D eigenvalue weighted by molar-refractivity contribution is 0.412. The molecular formula is C22H18Cl2FN3O. The molecule has 2 aromatic carbocycles. The van der Waals surface area contributed by atoms with Crippen molar-refractivity contribution in [1.82, 2.24) is 14.8 Å². The molecule has 0 radical (unpaired) electrons. The van der Waals surface area contributed by atoms with E-state index in [9.17, 15) is 0 Å². The maximum Gasteiger partial charge on any atom is 0.139 e. The molecule has 0 aliphatic heterocycles. The first-order valence-electron chi connectivity index (χ1n) is 8.71. The quantitative estimate of drug-likeness (QED) is 0.397. The second kappa shape index (κ2) is 9.07. The smallest absolute Gasteiger partial charge is 0.139 e. The Morgan fingerprint density at radius 1 is 1.07 bits per heavy atom. The predicted octanol–water partition coefficient (Wildman–Crippen LogP) is 5.88.